The van der Waals surface area contributed by atoms with E-state index in [-0.39, 0.29) is 123 Å². The molecule has 6 amide bonds. The summed E-state index contributed by atoms with van der Waals surface area (Å²) in [6, 6.07) is 0. The van der Waals surface area contributed by atoms with Crippen LogP contribution in [-0.2, 0) is 91.0 Å². The molecule has 22 heteroatoms. The second kappa shape index (κ2) is 24.2. The predicted molar refractivity (Wildman–Crippen MR) is 189 cm³/mol. The Kier molecular flexibility index (Phi) is 19.6. The van der Waals surface area contributed by atoms with Crippen molar-refractivity contribution in [2.75, 3.05) is 46.2 Å². The molecule has 0 unspecified atom stereocenters. The first-order chi connectivity index (χ1) is 28.1. The maximum absolute atomic E-state index is 12.6. The number of amides is 6. The van der Waals surface area contributed by atoms with Gasteiger partial charge in [0.2, 0.25) is 0 Å². The van der Waals surface area contributed by atoms with Crippen LogP contribution in [0.3, 0.4) is 0 Å². The van der Waals surface area contributed by atoms with E-state index in [1.165, 1.54) is 0 Å². The molecule has 0 aromatic heterocycles. The van der Waals surface area contributed by atoms with Gasteiger partial charge in [-0.3, -0.25) is 43.2 Å². The Balaban J connectivity index is 1.49. The Morgan fingerprint density at radius 2 is 0.729 bits per heavy atom. The molecule has 0 spiro atoms. The van der Waals surface area contributed by atoms with Crippen LogP contribution in [0.25, 0.3) is 0 Å². The highest BCUT2D eigenvalue weighted by Crippen LogP contribution is 2.22. The maximum atomic E-state index is 12.6. The molecule has 0 atom stereocenters. The van der Waals surface area contributed by atoms with Gasteiger partial charge < -0.3 is 33.5 Å². The zero-order chi connectivity index (χ0) is 43.4. The van der Waals surface area contributed by atoms with Gasteiger partial charge in [-0.05, 0) is 19.3 Å². The number of rotatable bonds is 30. The number of hydrogen-bond acceptors (Lipinski definition) is 19. The molecule has 0 aliphatic carbocycles. The molecule has 324 valence electrons. The Morgan fingerprint density at radius 3 is 0.983 bits per heavy atom. The van der Waals surface area contributed by atoms with Crippen molar-refractivity contribution in [2.24, 2.45) is 5.41 Å². The highest BCUT2D eigenvalue weighted by molar-refractivity contribution is 6.03. The summed E-state index contributed by atoms with van der Waals surface area (Å²) < 4.78 is 22.4. The predicted octanol–water partition coefficient (Wildman–Crippen LogP) is 0.223. The molecule has 0 N–H and O–H groups in total. The number of Topliss-reactive ketones (excluding diaryl/α,β-unsaturated/α-hetero) is 3. The number of ether oxygens (including phenoxy) is 4. The Morgan fingerprint density at radius 1 is 0.458 bits per heavy atom. The molecule has 3 heterocycles. The third kappa shape index (κ3) is 16.6. The first-order valence-electron chi connectivity index (χ1n) is 18.8. The highest BCUT2D eigenvalue weighted by atomic mass is 16.7. The van der Waals surface area contributed by atoms with Crippen molar-refractivity contribution in [3.63, 3.8) is 0 Å². The van der Waals surface area contributed by atoms with Crippen LogP contribution in [0.2, 0.25) is 0 Å². The van der Waals surface area contributed by atoms with Gasteiger partial charge in [0, 0.05) is 77.0 Å². The minimum Gasteiger partial charge on any atom is -0.501 e. The van der Waals surface area contributed by atoms with Gasteiger partial charge in [0.05, 0.1) is 38.1 Å². The summed E-state index contributed by atoms with van der Waals surface area (Å²) in [7, 11) is 0. The Labute approximate surface area is 337 Å². The van der Waals surface area contributed by atoms with Gasteiger partial charge in [-0.2, -0.15) is 0 Å². The van der Waals surface area contributed by atoms with Gasteiger partial charge in [0.15, 0.2) is 17.3 Å². The molecule has 0 radical (unpaired) electrons. The number of ketones is 3. The monoisotopic (exact) mass is 837 g/mol. The first kappa shape index (κ1) is 47.6. The number of carbonyl (C=O) groups is 12. The van der Waals surface area contributed by atoms with E-state index in [0.29, 0.717) is 15.2 Å². The van der Waals surface area contributed by atoms with Crippen LogP contribution >= 0.6 is 0 Å². The molecule has 3 aliphatic heterocycles. The topological polar surface area (TPSA) is 279 Å². The molecule has 0 aromatic rings. The van der Waals surface area contributed by atoms with E-state index < -0.39 is 95.9 Å². The van der Waals surface area contributed by atoms with E-state index in [4.69, 9.17) is 33.5 Å². The van der Waals surface area contributed by atoms with Crippen LogP contribution < -0.4 is 0 Å². The number of imide groups is 3. The highest BCUT2D eigenvalue weighted by Gasteiger charge is 2.36. The Bertz CT molecular complexity index is 1430. The maximum Gasteiger partial charge on any atom is 0.333 e. The van der Waals surface area contributed by atoms with Crippen molar-refractivity contribution in [1.29, 1.82) is 0 Å². The number of hydrogen-bond donors (Lipinski definition) is 0. The average Bonchev–Trinajstić information content (AvgIpc) is 3.80. The molecular formula is C37H47N3O19. The lowest BCUT2D eigenvalue weighted by molar-refractivity contribution is -0.197. The normalized spacial score (nSPS) is 15.6. The van der Waals surface area contributed by atoms with Crippen LogP contribution in [-0.4, -0.2) is 132 Å². The van der Waals surface area contributed by atoms with Crippen LogP contribution in [0.1, 0.15) is 96.3 Å². The summed E-state index contributed by atoms with van der Waals surface area (Å²) in [6.07, 6.45) is -0.371. The second-order valence-corrected chi connectivity index (χ2v) is 13.8. The van der Waals surface area contributed by atoms with Crippen molar-refractivity contribution in [1.82, 2.24) is 15.2 Å². The fourth-order valence-electron chi connectivity index (χ4n) is 5.55. The molecule has 3 aliphatic rings. The zero-order valence-electron chi connectivity index (χ0n) is 32.4. The average molecular weight is 838 g/mol. The van der Waals surface area contributed by atoms with Crippen molar-refractivity contribution in [3.05, 3.63) is 12.8 Å². The van der Waals surface area contributed by atoms with Gasteiger partial charge in [0.1, 0.15) is 19.8 Å². The number of carbonyl (C=O) groups excluding carboxylic acids is 12. The lowest BCUT2D eigenvalue weighted by atomic mass is 9.92. The van der Waals surface area contributed by atoms with Crippen molar-refractivity contribution in [2.45, 2.75) is 96.3 Å². The summed E-state index contributed by atoms with van der Waals surface area (Å²) in [5.74, 6) is -7.71. The zero-order valence-corrected chi connectivity index (χ0v) is 32.4. The molecular weight excluding hydrogens is 790 g/mol. The quantitative estimate of drug-likeness (QED) is 0.0691. The summed E-state index contributed by atoms with van der Waals surface area (Å²) in [6.45, 7) is 1.19. The van der Waals surface area contributed by atoms with Crippen molar-refractivity contribution < 1.29 is 91.0 Å². The molecule has 0 aromatic carbocycles. The van der Waals surface area contributed by atoms with Crippen LogP contribution in [0.5, 0.6) is 0 Å². The molecule has 22 nitrogen and oxygen atoms in total. The fourth-order valence-corrected chi connectivity index (χ4v) is 5.55. The van der Waals surface area contributed by atoms with Crippen LogP contribution in [0, 0.1) is 5.41 Å². The molecule has 0 saturated carbocycles. The van der Waals surface area contributed by atoms with E-state index in [2.05, 4.69) is 6.58 Å². The summed E-state index contributed by atoms with van der Waals surface area (Å²) >= 11 is 0. The molecule has 3 saturated heterocycles. The van der Waals surface area contributed by atoms with E-state index >= 15 is 0 Å². The van der Waals surface area contributed by atoms with Gasteiger partial charge in [-0.15, -0.1) is 15.2 Å². The third-order valence-corrected chi connectivity index (χ3v) is 8.63. The van der Waals surface area contributed by atoms with Gasteiger partial charge >= 0.3 is 17.9 Å². The van der Waals surface area contributed by atoms with Gasteiger partial charge in [-0.25, -0.2) is 14.4 Å². The summed E-state index contributed by atoms with van der Waals surface area (Å²) in [4.78, 5) is 158. The first-order valence-corrected chi connectivity index (χ1v) is 18.8. The van der Waals surface area contributed by atoms with E-state index in [0.717, 1.165) is 6.26 Å². The van der Waals surface area contributed by atoms with Crippen molar-refractivity contribution in [3.8, 4) is 0 Å². The lowest BCUT2D eigenvalue weighted by Gasteiger charge is -2.32. The largest absolute Gasteiger partial charge is 0.501 e. The fraction of sp³-hybridized carbons (Fsp3) is 0.622. The SMILES string of the molecule is C=COCC(COCC(=O)CCCC(=O)ON1C(=O)CCC1=O)(COCC(=O)CCCC(=O)ON1C(=O)CCC1=O)COCC(=O)CCCC(=O)ON1C(=O)CCC1=O. The molecule has 59 heavy (non-hydrogen) atoms. The third-order valence-electron chi connectivity index (χ3n) is 8.63. The van der Waals surface area contributed by atoms with E-state index in [9.17, 15) is 57.5 Å². The molecule has 3 fully saturated rings. The number of hydroxylamine groups is 6. The lowest BCUT2D eigenvalue weighted by Crippen LogP contribution is -2.42. The van der Waals surface area contributed by atoms with Crippen LogP contribution in [0.4, 0.5) is 0 Å². The minimum absolute atomic E-state index is 0.0247. The standard InChI is InChI=1S/C37H47N3O19/c1-2-53-21-37(22-54-18-25(41)6-3-9-34(50)57-38-28(44)12-13-29(38)45,23-55-19-26(42)7-4-10-35(51)58-39-30(46)14-15-31(39)47)24-56-20-27(43)8-5-11-36(52)59-40-32(48)16-17-33(40)49/h2H,1,3-24H2. The Hall–Kier alpha value is -5.74. The van der Waals surface area contributed by atoms with Crippen molar-refractivity contribution >= 4 is 70.7 Å². The second-order valence-electron chi connectivity index (χ2n) is 13.8. The molecule has 3 rings (SSSR count). The summed E-state index contributed by atoms with van der Waals surface area (Å²) in [5.41, 5.74) is -1.25. The smallest absolute Gasteiger partial charge is 0.333 e. The van der Waals surface area contributed by atoms with E-state index in [1.807, 2.05) is 0 Å². The minimum atomic E-state index is -1.25. The summed E-state index contributed by atoms with van der Waals surface area (Å²) in [5, 5.41) is 1.22. The molecule has 0 bridgehead atoms. The number of nitrogens with zero attached hydrogens (tertiary/aromatic N) is 3. The van der Waals surface area contributed by atoms with E-state index in [1.54, 1.807) is 0 Å². The van der Waals surface area contributed by atoms with Crippen LogP contribution in [0.15, 0.2) is 12.8 Å². The van der Waals surface area contributed by atoms with Gasteiger partial charge in [0.25, 0.3) is 35.4 Å². The van der Waals surface area contributed by atoms with Gasteiger partial charge in [-0.1, -0.05) is 6.58 Å².